The number of likely N-dealkylation sites (N-methyl/N-ethyl adjacent to an activating group) is 1. The van der Waals surface area contributed by atoms with Crippen LogP contribution in [0.15, 0.2) is 24.4 Å². The summed E-state index contributed by atoms with van der Waals surface area (Å²) in [5.74, 6) is -0.285. The second-order valence-electron chi connectivity index (χ2n) is 5.14. The van der Waals surface area contributed by atoms with Crippen molar-refractivity contribution in [3.8, 4) is 5.75 Å². The summed E-state index contributed by atoms with van der Waals surface area (Å²) in [6, 6.07) is 4.28. The first-order valence-corrected chi connectivity index (χ1v) is 7.14. The van der Waals surface area contributed by atoms with E-state index in [2.05, 4.69) is 9.17 Å². The number of benzene rings is 1. The molecule has 2 N–H and O–H groups in total. The summed E-state index contributed by atoms with van der Waals surface area (Å²) in [5.41, 5.74) is 0.252. The highest BCUT2D eigenvalue weighted by atomic mass is 32.3. The molecule has 2 aromatic rings. The molecule has 6 nitrogen and oxygen atoms in total. The van der Waals surface area contributed by atoms with E-state index in [1.807, 2.05) is 0 Å². The van der Waals surface area contributed by atoms with Crippen molar-refractivity contribution in [3.63, 3.8) is 0 Å². The molecule has 0 saturated carbocycles. The number of rotatable bonds is 5. The normalized spacial score (nSPS) is 17.2. The van der Waals surface area contributed by atoms with E-state index >= 15 is 0 Å². The predicted octanol–water partition coefficient (Wildman–Crippen LogP) is 1.60. The zero-order chi connectivity index (χ0) is 18.6. The van der Waals surface area contributed by atoms with Crippen LogP contribution in [-0.4, -0.2) is 50.1 Å². The Morgan fingerprint density at radius 3 is 2.70 bits per heavy atom. The fourth-order valence-electron chi connectivity index (χ4n) is 1.66. The Kier molecular flexibility index (Phi) is 2.59. The molecular formula is C13H19N2O4S+. The number of H-pyrrole nitrogens is 1. The summed E-state index contributed by atoms with van der Waals surface area (Å²) in [5, 5.41) is 0.0532. The molecule has 0 unspecified atom stereocenters. The van der Waals surface area contributed by atoms with Crippen molar-refractivity contribution in [1.82, 2.24) is 4.98 Å². The molecule has 0 bridgehead atoms. The monoisotopic (exact) mass is 303 g/mol. The van der Waals surface area contributed by atoms with E-state index in [1.54, 1.807) is 6.07 Å². The highest BCUT2D eigenvalue weighted by Crippen LogP contribution is 2.30. The Labute approximate surface area is 124 Å². The van der Waals surface area contributed by atoms with Gasteiger partial charge in [-0.25, -0.2) is 0 Å². The fourth-order valence-corrected chi connectivity index (χ4v) is 2.03. The quantitative estimate of drug-likeness (QED) is 0.649. The smallest absolute Gasteiger partial charge is 0.361 e. The maximum atomic E-state index is 11.0. The zero-order valence-electron chi connectivity index (χ0n) is 15.3. The Bertz CT molecular complexity index is 872. The van der Waals surface area contributed by atoms with Gasteiger partial charge >= 0.3 is 10.4 Å². The molecule has 0 amide bonds. The van der Waals surface area contributed by atoms with Crippen molar-refractivity contribution in [3.05, 3.63) is 30.0 Å². The number of nitrogens with zero attached hydrogens (tertiary/aromatic N) is 1. The Balaban J connectivity index is 2.74. The number of quaternary nitrogens is 1. The molecule has 0 atom stereocenters. The highest BCUT2D eigenvalue weighted by molar-refractivity contribution is 7.81. The summed E-state index contributed by atoms with van der Waals surface area (Å²) in [4.78, 5) is 2.77. The Morgan fingerprint density at radius 1 is 1.40 bits per heavy atom. The van der Waals surface area contributed by atoms with Gasteiger partial charge < -0.3 is 13.7 Å². The van der Waals surface area contributed by atoms with Gasteiger partial charge in [0, 0.05) is 26.2 Å². The van der Waals surface area contributed by atoms with Crippen LogP contribution in [0.4, 0.5) is 0 Å². The molecule has 0 aliphatic rings. The third-order valence-corrected chi connectivity index (χ3v) is 2.78. The molecule has 1 aromatic heterocycles. The average Bonchev–Trinajstić information content (AvgIpc) is 2.80. The highest BCUT2D eigenvalue weighted by Gasteiger charge is 2.16. The standard InChI is InChI=1S/C13H18N2O4S/c1-15(2,3)8-7-10-9-14-11-5-4-6-12(13(10)11)19-20(16,17)18/h4-6,9,14H,7-8H2,1-3H3/p+1/i7D2,8D2. The molecule has 7 heteroatoms. The number of hydrogen-bond donors (Lipinski definition) is 2. The van der Waals surface area contributed by atoms with E-state index in [0.29, 0.717) is 5.52 Å². The van der Waals surface area contributed by atoms with Crippen LogP contribution >= 0.6 is 0 Å². The van der Waals surface area contributed by atoms with Crippen LogP contribution in [0.5, 0.6) is 5.75 Å². The van der Waals surface area contributed by atoms with E-state index in [1.165, 1.54) is 39.5 Å². The van der Waals surface area contributed by atoms with Crippen LogP contribution in [0.1, 0.15) is 11.0 Å². The van der Waals surface area contributed by atoms with Crippen LogP contribution < -0.4 is 4.18 Å². The van der Waals surface area contributed by atoms with Crippen molar-refractivity contribution in [2.24, 2.45) is 0 Å². The minimum Gasteiger partial charge on any atom is -0.361 e. The number of aromatic nitrogens is 1. The van der Waals surface area contributed by atoms with Gasteiger partial charge in [-0.05, 0) is 17.7 Å². The zero-order valence-corrected chi connectivity index (χ0v) is 12.2. The molecule has 0 saturated heterocycles. The minimum absolute atomic E-state index is 0.0532. The van der Waals surface area contributed by atoms with Gasteiger partial charge in [0.1, 0.15) is 0 Å². The third kappa shape index (κ3) is 3.72. The summed E-state index contributed by atoms with van der Waals surface area (Å²) >= 11 is 0. The lowest BCUT2D eigenvalue weighted by Crippen LogP contribution is -2.36. The van der Waals surface area contributed by atoms with Crippen molar-refractivity contribution < 1.29 is 27.1 Å². The first-order valence-electron chi connectivity index (χ1n) is 7.77. The van der Waals surface area contributed by atoms with E-state index < -0.39 is 23.3 Å². The average molecular weight is 303 g/mol. The number of aryl methyl sites for hydroxylation is 1. The van der Waals surface area contributed by atoms with Crippen LogP contribution in [-0.2, 0) is 16.8 Å². The largest absolute Gasteiger partial charge is 0.446 e. The number of hydrogen-bond acceptors (Lipinski definition) is 3. The van der Waals surface area contributed by atoms with Crippen LogP contribution in [0.2, 0.25) is 0 Å². The molecule has 0 radical (unpaired) electrons. The van der Waals surface area contributed by atoms with Gasteiger partial charge in [0.25, 0.3) is 0 Å². The maximum absolute atomic E-state index is 11.0. The van der Waals surface area contributed by atoms with Crippen molar-refractivity contribution in [1.29, 1.82) is 0 Å². The molecule has 110 valence electrons. The van der Waals surface area contributed by atoms with Crippen LogP contribution in [0.25, 0.3) is 10.9 Å². The molecule has 0 aliphatic heterocycles. The molecule has 1 heterocycles. The Morgan fingerprint density at radius 2 is 2.10 bits per heavy atom. The molecule has 2 rings (SSSR count). The van der Waals surface area contributed by atoms with Gasteiger partial charge in [0.05, 0.1) is 30.4 Å². The molecule has 0 spiro atoms. The van der Waals surface area contributed by atoms with Gasteiger partial charge in [0.15, 0.2) is 5.75 Å². The molecular weight excluding hydrogens is 280 g/mol. The maximum Gasteiger partial charge on any atom is 0.446 e. The number of nitrogens with one attached hydrogen (secondary N) is 1. The summed E-state index contributed by atoms with van der Waals surface area (Å²) in [7, 11) is -0.258. The van der Waals surface area contributed by atoms with Gasteiger partial charge in [-0.3, -0.25) is 4.55 Å². The Hall–Kier alpha value is -1.57. The molecule has 20 heavy (non-hydrogen) atoms. The van der Waals surface area contributed by atoms with Gasteiger partial charge in [-0.15, -0.1) is 0 Å². The van der Waals surface area contributed by atoms with E-state index in [-0.39, 0.29) is 21.2 Å². The first-order chi connectivity index (χ1) is 10.7. The van der Waals surface area contributed by atoms with E-state index in [9.17, 15) is 8.42 Å². The fraction of sp³-hybridized carbons (Fsp3) is 0.385. The topological polar surface area (TPSA) is 79.4 Å². The summed E-state index contributed by atoms with van der Waals surface area (Å²) < 4.78 is 68.3. The summed E-state index contributed by atoms with van der Waals surface area (Å²) in [6.45, 7) is -2.34. The number of fused-ring (bicyclic) bond motifs is 1. The van der Waals surface area contributed by atoms with Gasteiger partial charge in [-0.2, -0.15) is 8.42 Å². The van der Waals surface area contributed by atoms with Crippen molar-refractivity contribution in [2.75, 3.05) is 27.6 Å². The lowest BCUT2D eigenvalue weighted by atomic mass is 10.1. The number of aromatic amines is 1. The SMILES string of the molecule is [2H]C([2H])(c1c[nH]c2cccc(OS(=O)(=O)O)c12)C([2H])([2H])[N+](C)(C)C. The molecule has 0 fully saturated rings. The minimum atomic E-state index is -4.81. The lowest BCUT2D eigenvalue weighted by Gasteiger charge is -2.23. The van der Waals surface area contributed by atoms with E-state index in [0.717, 1.165) is 0 Å². The first kappa shape index (κ1) is 10.2. The lowest BCUT2D eigenvalue weighted by molar-refractivity contribution is -0.870. The van der Waals surface area contributed by atoms with Gasteiger partial charge in [0.2, 0.25) is 0 Å². The summed E-state index contributed by atoms with van der Waals surface area (Å²) in [6.07, 6.45) is -1.21. The molecule has 0 aliphatic carbocycles. The molecule has 1 aromatic carbocycles. The van der Waals surface area contributed by atoms with Crippen molar-refractivity contribution in [2.45, 2.75) is 6.37 Å². The van der Waals surface area contributed by atoms with Crippen LogP contribution in [0, 0.1) is 0 Å². The third-order valence-electron chi connectivity index (χ3n) is 2.39. The van der Waals surface area contributed by atoms with Gasteiger partial charge in [-0.1, -0.05) is 6.07 Å². The van der Waals surface area contributed by atoms with Crippen molar-refractivity contribution >= 4 is 21.3 Å². The second kappa shape index (κ2) is 5.08. The second-order valence-corrected chi connectivity index (χ2v) is 6.16. The predicted molar refractivity (Wildman–Crippen MR) is 77.1 cm³/mol. The van der Waals surface area contributed by atoms with E-state index in [4.69, 9.17) is 10.0 Å². The van der Waals surface area contributed by atoms with Crippen LogP contribution in [0.3, 0.4) is 0 Å².